The Bertz CT molecular complexity index is 1360. The van der Waals surface area contributed by atoms with Crippen molar-refractivity contribution in [1.29, 1.82) is 5.26 Å². The standard InChI is InChI=1S/C22H15ClF4N6O2/c23-14-7-12(3-6-15(14)24)19-18(20(29)34)16-9-32(17(22(25,26)27)10-33(16)31-19)21(35)30-13-4-1-11(8-28)2-5-13/h1-7,17H,9-10H2,(H2,29,34)(H,30,35)/t17-/m1/s1. The fourth-order valence-corrected chi connectivity index (χ4v) is 3.94. The van der Waals surface area contributed by atoms with Crippen LogP contribution in [-0.4, -0.2) is 38.8 Å². The molecule has 3 amide bonds. The molecule has 2 aromatic carbocycles. The predicted molar refractivity (Wildman–Crippen MR) is 117 cm³/mol. The molecule has 0 aliphatic carbocycles. The minimum Gasteiger partial charge on any atom is -0.365 e. The van der Waals surface area contributed by atoms with E-state index in [1.807, 2.05) is 6.07 Å². The molecule has 0 fully saturated rings. The number of halogens is 5. The van der Waals surface area contributed by atoms with Gasteiger partial charge in [-0.3, -0.25) is 9.48 Å². The van der Waals surface area contributed by atoms with E-state index in [0.717, 1.165) is 10.7 Å². The molecule has 2 heterocycles. The zero-order chi connectivity index (χ0) is 25.5. The van der Waals surface area contributed by atoms with Gasteiger partial charge in [0.1, 0.15) is 17.6 Å². The molecule has 3 N–H and O–H groups in total. The van der Waals surface area contributed by atoms with Gasteiger partial charge in [0.25, 0.3) is 5.91 Å². The van der Waals surface area contributed by atoms with Gasteiger partial charge in [-0.2, -0.15) is 23.5 Å². The third-order valence-corrected chi connectivity index (χ3v) is 5.73. The molecule has 1 atom stereocenters. The molecule has 0 saturated heterocycles. The van der Waals surface area contributed by atoms with Crippen LogP contribution in [-0.2, 0) is 13.1 Å². The summed E-state index contributed by atoms with van der Waals surface area (Å²) in [5.41, 5.74) is 5.87. The highest BCUT2D eigenvalue weighted by Crippen LogP contribution is 2.36. The Kier molecular flexibility index (Phi) is 6.12. The number of nitrogens with two attached hydrogens (primary N) is 1. The number of anilines is 1. The van der Waals surface area contributed by atoms with Crippen LogP contribution < -0.4 is 11.1 Å². The van der Waals surface area contributed by atoms with Gasteiger partial charge in [-0.1, -0.05) is 11.6 Å². The van der Waals surface area contributed by atoms with E-state index in [-0.39, 0.29) is 33.2 Å². The number of carbonyl (C=O) groups is 2. The number of alkyl halides is 3. The van der Waals surface area contributed by atoms with Crippen molar-refractivity contribution >= 4 is 29.2 Å². The molecule has 35 heavy (non-hydrogen) atoms. The lowest BCUT2D eigenvalue weighted by atomic mass is 10.0. The predicted octanol–water partition coefficient (Wildman–Crippen LogP) is 4.29. The number of carbonyl (C=O) groups excluding carboxylic acids is 2. The smallest absolute Gasteiger partial charge is 0.365 e. The van der Waals surface area contributed by atoms with Gasteiger partial charge in [0.15, 0.2) is 0 Å². The van der Waals surface area contributed by atoms with Crippen LogP contribution in [0.2, 0.25) is 5.02 Å². The second-order valence-corrected chi connectivity index (χ2v) is 8.06. The second-order valence-electron chi connectivity index (χ2n) is 7.65. The van der Waals surface area contributed by atoms with Crippen molar-refractivity contribution in [2.45, 2.75) is 25.3 Å². The molecule has 8 nitrogen and oxygen atoms in total. The first-order valence-electron chi connectivity index (χ1n) is 9.99. The van der Waals surface area contributed by atoms with Crippen LogP contribution in [0.3, 0.4) is 0 Å². The fraction of sp³-hybridized carbons (Fsp3) is 0.182. The highest BCUT2D eigenvalue weighted by Gasteiger charge is 2.49. The average Bonchev–Trinajstić information content (AvgIpc) is 3.19. The third-order valence-electron chi connectivity index (χ3n) is 5.44. The summed E-state index contributed by atoms with van der Waals surface area (Å²) in [5, 5.41) is 15.1. The molecule has 13 heteroatoms. The van der Waals surface area contributed by atoms with Crippen molar-refractivity contribution in [3.05, 3.63) is 70.1 Å². The van der Waals surface area contributed by atoms with E-state index in [1.165, 1.54) is 36.4 Å². The van der Waals surface area contributed by atoms with Gasteiger partial charge in [-0.05, 0) is 42.5 Å². The summed E-state index contributed by atoms with van der Waals surface area (Å²) in [4.78, 5) is 25.7. The van der Waals surface area contributed by atoms with Crippen LogP contribution in [0.5, 0.6) is 0 Å². The Morgan fingerprint density at radius 2 is 1.89 bits per heavy atom. The van der Waals surface area contributed by atoms with Crippen molar-refractivity contribution in [2.75, 3.05) is 5.32 Å². The van der Waals surface area contributed by atoms with E-state index in [9.17, 15) is 27.2 Å². The fourth-order valence-electron chi connectivity index (χ4n) is 3.76. The van der Waals surface area contributed by atoms with Crippen molar-refractivity contribution in [2.24, 2.45) is 5.73 Å². The normalized spacial score (nSPS) is 15.3. The molecule has 0 bridgehead atoms. The van der Waals surface area contributed by atoms with Crippen LogP contribution in [0.25, 0.3) is 11.3 Å². The first kappa shape index (κ1) is 24.0. The van der Waals surface area contributed by atoms with E-state index in [2.05, 4.69) is 10.4 Å². The Morgan fingerprint density at radius 1 is 1.20 bits per heavy atom. The number of benzene rings is 2. The summed E-state index contributed by atoms with van der Waals surface area (Å²) >= 11 is 5.81. The average molecular weight is 507 g/mol. The van der Waals surface area contributed by atoms with Crippen molar-refractivity contribution in [3.63, 3.8) is 0 Å². The van der Waals surface area contributed by atoms with E-state index in [4.69, 9.17) is 22.6 Å². The molecular weight excluding hydrogens is 492 g/mol. The Morgan fingerprint density at radius 3 is 2.46 bits per heavy atom. The Labute approximate surface area is 200 Å². The maximum atomic E-state index is 13.9. The minimum absolute atomic E-state index is 0.0107. The largest absolute Gasteiger partial charge is 0.410 e. The highest BCUT2D eigenvalue weighted by molar-refractivity contribution is 6.31. The summed E-state index contributed by atoms with van der Waals surface area (Å²) in [6.07, 6.45) is -4.82. The van der Waals surface area contributed by atoms with Gasteiger partial charge >= 0.3 is 12.2 Å². The van der Waals surface area contributed by atoms with Gasteiger partial charge in [0.05, 0.1) is 41.0 Å². The number of urea groups is 1. The van der Waals surface area contributed by atoms with Gasteiger partial charge in [0, 0.05) is 11.3 Å². The highest BCUT2D eigenvalue weighted by atomic mass is 35.5. The molecule has 1 aromatic heterocycles. The van der Waals surface area contributed by atoms with Crippen LogP contribution in [0.1, 0.15) is 21.6 Å². The Hall–Kier alpha value is -4.11. The molecule has 1 aliphatic rings. The number of nitrogens with one attached hydrogen (secondary N) is 1. The third kappa shape index (κ3) is 4.63. The lowest BCUT2D eigenvalue weighted by Crippen LogP contribution is -2.55. The van der Waals surface area contributed by atoms with Crippen molar-refractivity contribution < 1.29 is 27.2 Å². The summed E-state index contributed by atoms with van der Waals surface area (Å²) < 4.78 is 56.3. The number of amides is 3. The molecule has 0 unspecified atom stereocenters. The molecule has 0 radical (unpaired) electrons. The topological polar surface area (TPSA) is 117 Å². The Balaban J connectivity index is 1.74. The number of aromatic nitrogens is 2. The maximum Gasteiger partial charge on any atom is 0.410 e. The van der Waals surface area contributed by atoms with Gasteiger partial charge in [-0.15, -0.1) is 0 Å². The summed E-state index contributed by atoms with van der Waals surface area (Å²) in [6.45, 7) is -1.43. The lowest BCUT2D eigenvalue weighted by molar-refractivity contribution is -0.184. The first-order valence-corrected chi connectivity index (χ1v) is 10.4. The molecule has 4 rings (SSSR count). The quantitative estimate of drug-likeness (QED) is 0.515. The molecule has 0 saturated carbocycles. The summed E-state index contributed by atoms with van der Waals surface area (Å²) in [5.74, 6) is -1.72. The SMILES string of the molecule is N#Cc1ccc(NC(=O)N2Cc3c(C(N)=O)c(-c4ccc(F)c(Cl)c4)nn3C[C@@H]2C(F)(F)F)cc1. The van der Waals surface area contributed by atoms with Crippen molar-refractivity contribution in [3.8, 4) is 17.3 Å². The monoisotopic (exact) mass is 506 g/mol. The van der Waals surface area contributed by atoms with E-state index in [0.29, 0.717) is 10.5 Å². The number of nitrogens with zero attached hydrogens (tertiary/aromatic N) is 4. The van der Waals surface area contributed by atoms with Crippen LogP contribution in [0.15, 0.2) is 42.5 Å². The molecule has 1 aliphatic heterocycles. The van der Waals surface area contributed by atoms with Crippen molar-refractivity contribution in [1.82, 2.24) is 14.7 Å². The van der Waals surface area contributed by atoms with E-state index >= 15 is 0 Å². The van der Waals surface area contributed by atoms with Crippen LogP contribution in [0, 0.1) is 17.1 Å². The van der Waals surface area contributed by atoms with Gasteiger partial charge < -0.3 is 16.0 Å². The molecule has 3 aromatic rings. The molecule has 0 spiro atoms. The van der Waals surface area contributed by atoms with E-state index < -0.39 is 43.1 Å². The van der Waals surface area contributed by atoms with Crippen LogP contribution in [0.4, 0.5) is 28.0 Å². The molecule has 180 valence electrons. The number of hydrogen-bond acceptors (Lipinski definition) is 4. The summed E-state index contributed by atoms with van der Waals surface area (Å²) in [6, 6.07) is 7.55. The maximum absolute atomic E-state index is 13.9. The second kappa shape index (κ2) is 8.92. The van der Waals surface area contributed by atoms with E-state index in [1.54, 1.807) is 0 Å². The summed E-state index contributed by atoms with van der Waals surface area (Å²) in [7, 11) is 0. The zero-order valence-electron chi connectivity index (χ0n) is 17.6. The number of fused-ring (bicyclic) bond motifs is 1. The number of rotatable bonds is 3. The number of hydrogen-bond donors (Lipinski definition) is 2. The van der Waals surface area contributed by atoms with Gasteiger partial charge in [0.2, 0.25) is 0 Å². The number of nitriles is 1. The molecular formula is C22H15ClF4N6O2. The minimum atomic E-state index is -4.82. The van der Waals surface area contributed by atoms with Gasteiger partial charge in [-0.25, -0.2) is 9.18 Å². The first-order chi connectivity index (χ1) is 16.5. The lowest BCUT2D eigenvalue weighted by Gasteiger charge is -2.37. The zero-order valence-corrected chi connectivity index (χ0v) is 18.4. The van der Waals surface area contributed by atoms with Crippen LogP contribution >= 0.6 is 11.6 Å². The number of primary amides is 1.